The molecule has 1 saturated carbocycles. The van der Waals surface area contributed by atoms with Gasteiger partial charge in [0.1, 0.15) is 0 Å². The summed E-state index contributed by atoms with van der Waals surface area (Å²) in [6, 6.07) is 0.130. The number of nitrogens with zero attached hydrogens (tertiary/aromatic N) is 2. The van der Waals surface area contributed by atoms with Crippen LogP contribution in [-0.4, -0.2) is 55.1 Å². The molecule has 1 aliphatic carbocycles. The molecule has 0 aromatic heterocycles. The Morgan fingerprint density at radius 3 is 2.31 bits per heavy atom. The van der Waals surface area contributed by atoms with Crippen LogP contribution in [0, 0.1) is 0 Å². The molecule has 0 atom stereocenters. The van der Waals surface area contributed by atoms with Gasteiger partial charge in [0.25, 0.3) is 0 Å². The van der Waals surface area contributed by atoms with Gasteiger partial charge in [-0.1, -0.05) is 0 Å². The molecule has 1 N–H and O–H groups in total. The second kappa shape index (κ2) is 4.62. The van der Waals surface area contributed by atoms with Gasteiger partial charge in [0.2, 0.25) is 0 Å². The van der Waals surface area contributed by atoms with E-state index in [4.69, 9.17) is 0 Å². The molecule has 0 unspecified atom stereocenters. The first kappa shape index (κ1) is 11.7. The van der Waals surface area contributed by atoms with Crippen molar-refractivity contribution in [3.63, 3.8) is 0 Å². The van der Waals surface area contributed by atoms with Crippen LogP contribution in [0.4, 0.5) is 4.79 Å². The number of likely N-dealkylation sites (tertiary alicyclic amines) is 1. The number of hydrogen-bond acceptors (Lipinski definition) is 2. The third-order valence-electron chi connectivity index (χ3n) is 4.19. The second-order valence-electron chi connectivity index (χ2n) is 5.33. The minimum Gasteiger partial charge on any atom is -0.336 e. The quantitative estimate of drug-likeness (QED) is 0.785. The van der Waals surface area contributed by atoms with Crippen molar-refractivity contribution >= 4 is 6.03 Å². The van der Waals surface area contributed by atoms with Crippen LogP contribution in [0.1, 0.15) is 32.1 Å². The molecular weight excluding hydrogens is 202 g/mol. The third-order valence-corrected chi connectivity index (χ3v) is 4.19. The SMILES string of the molecule is CN(C)C1(CNC(=O)N2CCCC2)CCC1. The predicted octanol–water partition coefficient (Wildman–Crippen LogP) is 1.28. The van der Waals surface area contributed by atoms with E-state index in [1.165, 1.54) is 19.3 Å². The molecule has 0 radical (unpaired) electrons. The Morgan fingerprint density at radius 1 is 1.25 bits per heavy atom. The Morgan fingerprint density at radius 2 is 1.88 bits per heavy atom. The van der Waals surface area contributed by atoms with Gasteiger partial charge < -0.3 is 15.1 Å². The first-order valence-electron chi connectivity index (χ1n) is 6.34. The fraction of sp³-hybridized carbons (Fsp3) is 0.917. The zero-order valence-corrected chi connectivity index (χ0v) is 10.5. The maximum atomic E-state index is 11.9. The summed E-state index contributed by atoms with van der Waals surface area (Å²) in [7, 11) is 4.22. The highest BCUT2D eigenvalue weighted by Gasteiger charge is 2.39. The van der Waals surface area contributed by atoms with Crippen molar-refractivity contribution < 1.29 is 4.79 Å². The Hall–Kier alpha value is -0.770. The molecule has 2 rings (SSSR count). The summed E-state index contributed by atoms with van der Waals surface area (Å²) in [6.45, 7) is 2.66. The van der Waals surface area contributed by atoms with Crippen molar-refractivity contribution in [3.05, 3.63) is 0 Å². The average molecular weight is 225 g/mol. The van der Waals surface area contributed by atoms with Crippen molar-refractivity contribution in [2.24, 2.45) is 0 Å². The monoisotopic (exact) mass is 225 g/mol. The lowest BCUT2D eigenvalue weighted by Gasteiger charge is -2.47. The molecule has 1 heterocycles. The zero-order chi connectivity index (χ0) is 11.6. The van der Waals surface area contributed by atoms with Gasteiger partial charge >= 0.3 is 6.03 Å². The molecule has 1 aliphatic heterocycles. The molecule has 2 fully saturated rings. The molecule has 0 spiro atoms. The summed E-state index contributed by atoms with van der Waals surface area (Å²) >= 11 is 0. The number of carbonyl (C=O) groups excluding carboxylic acids is 1. The molecular formula is C12H23N3O. The van der Waals surface area contributed by atoms with Gasteiger partial charge in [0.05, 0.1) is 0 Å². The van der Waals surface area contributed by atoms with Gasteiger partial charge in [-0.05, 0) is 46.2 Å². The average Bonchev–Trinajstić information content (AvgIpc) is 2.67. The molecule has 2 aliphatic rings. The number of nitrogens with one attached hydrogen (secondary N) is 1. The third kappa shape index (κ3) is 2.17. The summed E-state index contributed by atoms with van der Waals surface area (Å²) in [5, 5.41) is 3.09. The highest BCUT2D eigenvalue weighted by atomic mass is 16.2. The van der Waals surface area contributed by atoms with Crippen LogP contribution in [0.15, 0.2) is 0 Å². The summed E-state index contributed by atoms with van der Waals surface area (Å²) in [4.78, 5) is 16.0. The molecule has 0 aromatic rings. The zero-order valence-electron chi connectivity index (χ0n) is 10.5. The van der Waals surface area contributed by atoms with Gasteiger partial charge in [0.15, 0.2) is 0 Å². The van der Waals surface area contributed by atoms with Crippen LogP contribution in [0.25, 0.3) is 0 Å². The van der Waals surface area contributed by atoms with Gasteiger partial charge in [-0.15, -0.1) is 0 Å². The maximum absolute atomic E-state index is 11.9. The van der Waals surface area contributed by atoms with Crippen molar-refractivity contribution in [2.45, 2.75) is 37.6 Å². The van der Waals surface area contributed by atoms with E-state index >= 15 is 0 Å². The number of rotatable bonds is 3. The predicted molar refractivity (Wildman–Crippen MR) is 64.5 cm³/mol. The van der Waals surface area contributed by atoms with Gasteiger partial charge in [-0.2, -0.15) is 0 Å². The first-order valence-corrected chi connectivity index (χ1v) is 6.34. The summed E-state index contributed by atoms with van der Waals surface area (Å²) in [5.41, 5.74) is 0.232. The van der Waals surface area contributed by atoms with Crippen molar-refractivity contribution in [2.75, 3.05) is 33.7 Å². The van der Waals surface area contributed by atoms with Crippen LogP contribution < -0.4 is 5.32 Å². The van der Waals surface area contributed by atoms with E-state index in [-0.39, 0.29) is 11.6 Å². The smallest absolute Gasteiger partial charge is 0.317 e. The van der Waals surface area contributed by atoms with Crippen LogP contribution in [0.5, 0.6) is 0 Å². The van der Waals surface area contributed by atoms with Gasteiger partial charge in [0, 0.05) is 25.2 Å². The molecule has 0 aromatic carbocycles. The lowest BCUT2D eigenvalue weighted by atomic mass is 9.75. The lowest BCUT2D eigenvalue weighted by Crippen LogP contribution is -2.58. The Kier molecular flexibility index (Phi) is 3.38. The van der Waals surface area contributed by atoms with E-state index < -0.39 is 0 Å². The number of urea groups is 1. The molecule has 92 valence electrons. The maximum Gasteiger partial charge on any atom is 0.317 e. The molecule has 0 bridgehead atoms. The summed E-state index contributed by atoms with van der Waals surface area (Å²) < 4.78 is 0. The fourth-order valence-electron chi connectivity index (χ4n) is 2.64. The van der Waals surface area contributed by atoms with Gasteiger partial charge in [-0.25, -0.2) is 4.79 Å². The van der Waals surface area contributed by atoms with Crippen LogP contribution in [0.2, 0.25) is 0 Å². The Bertz CT molecular complexity index is 255. The summed E-state index contributed by atoms with van der Waals surface area (Å²) in [6.07, 6.45) is 6.02. The van der Waals surface area contributed by atoms with Crippen molar-refractivity contribution in [3.8, 4) is 0 Å². The normalized spacial score (nSPS) is 23.3. The summed E-state index contributed by atoms with van der Waals surface area (Å²) in [5.74, 6) is 0. The molecule has 1 saturated heterocycles. The molecule has 4 heteroatoms. The number of amides is 2. The lowest BCUT2D eigenvalue weighted by molar-refractivity contribution is 0.0611. The fourth-order valence-corrected chi connectivity index (χ4v) is 2.64. The highest BCUT2D eigenvalue weighted by molar-refractivity contribution is 5.74. The second-order valence-corrected chi connectivity index (χ2v) is 5.33. The number of hydrogen-bond donors (Lipinski definition) is 1. The van der Waals surface area contributed by atoms with Crippen molar-refractivity contribution in [1.82, 2.24) is 15.1 Å². The molecule has 2 amide bonds. The van der Waals surface area contributed by atoms with E-state index in [1.807, 2.05) is 4.90 Å². The van der Waals surface area contributed by atoms with E-state index in [9.17, 15) is 4.79 Å². The van der Waals surface area contributed by atoms with E-state index in [1.54, 1.807) is 0 Å². The van der Waals surface area contributed by atoms with E-state index in [0.717, 1.165) is 32.5 Å². The standard InChI is InChI=1S/C12H23N3O/c1-14(2)12(6-5-7-12)10-13-11(16)15-8-3-4-9-15/h3-10H2,1-2H3,(H,13,16). The minimum atomic E-state index is 0.130. The number of likely N-dealkylation sites (N-methyl/N-ethyl adjacent to an activating group) is 1. The van der Waals surface area contributed by atoms with Crippen molar-refractivity contribution in [1.29, 1.82) is 0 Å². The van der Waals surface area contributed by atoms with E-state index in [2.05, 4.69) is 24.3 Å². The number of carbonyl (C=O) groups is 1. The Balaban J connectivity index is 1.79. The Labute approximate surface area is 98.0 Å². The molecule has 4 nitrogen and oxygen atoms in total. The largest absolute Gasteiger partial charge is 0.336 e. The minimum absolute atomic E-state index is 0.130. The topological polar surface area (TPSA) is 35.6 Å². The first-order chi connectivity index (χ1) is 7.64. The van der Waals surface area contributed by atoms with E-state index in [0.29, 0.717) is 0 Å². The van der Waals surface area contributed by atoms with Crippen LogP contribution >= 0.6 is 0 Å². The van der Waals surface area contributed by atoms with Crippen LogP contribution in [-0.2, 0) is 0 Å². The molecule has 16 heavy (non-hydrogen) atoms. The highest BCUT2D eigenvalue weighted by Crippen LogP contribution is 2.35. The van der Waals surface area contributed by atoms with Crippen LogP contribution in [0.3, 0.4) is 0 Å². The van der Waals surface area contributed by atoms with Gasteiger partial charge in [-0.3, -0.25) is 0 Å².